The highest BCUT2D eigenvalue weighted by Gasteiger charge is 2.30. The van der Waals surface area contributed by atoms with Gasteiger partial charge in [0.05, 0.1) is 4.90 Å². The van der Waals surface area contributed by atoms with Crippen molar-refractivity contribution in [2.75, 3.05) is 20.6 Å². The maximum atomic E-state index is 13.5. The number of amides is 2. The highest BCUT2D eigenvalue weighted by atomic mass is 32.2. The Hall–Kier alpha value is -3.49. The lowest BCUT2D eigenvalue weighted by Crippen LogP contribution is -2.49. The van der Waals surface area contributed by atoms with Gasteiger partial charge < -0.3 is 10.2 Å². The fraction of sp³-hybridized carbons (Fsp3) is 0.310. The zero-order chi connectivity index (χ0) is 26.8. The van der Waals surface area contributed by atoms with Crippen LogP contribution in [0.2, 0.25) is 0 Å². The third-order valence-electron chi connectivity index (χ3n) is 6.31. The van der Waals surface area contributed by atoms with E-state index >= 15 is 0 Å². The first-order valence-electron chi connectivity index (χ1n) is 12.3. The predicted octanol–water partition coefficient (Wildman–Crippen LogP) is 3.78. The molecule has 0 fully saturated rings. The molecule has 3 aromatic rings. The number of hydrogen-bond acceptors (Lipinski definition) is 4. The largest absolute Gasteiger partial charge is 0.357 e. The molecule has 0 aliphatic heterocycles. The third-order valence-corrected chi connectivity index (χ3v) is 8.18. The molecule has 0 aliphatic carbocycles. The number of rotatable bonds is 12. The Bertz CT molecular complexity index is 1260. The smallest absolute Gasteiger partial charge is 0.242 e. The SMILES string of the molecule is CNC(=O)[C@@H](Cc1ccccc1)N(Cc1ccc(C)cc1)C(=O)CCCN(C)S(=O)(=O)c1ccccc1. The lowest BCUT2D eigenvalue weighted by molar-refractivity contribution is -0.141. The second-order valence-corrected chi connectivity index (χ2v) is 11.1. The van der Waals surface area contributed by atoms with Crippen LogP contribution in [0.5, 0.6) is 0 Å². The molecule has 0 heterocycles. The van der Waals surface area contributed by atoms with Gasteiger partial charge in [0, 0.05) is 40.0 Å². The van der Waals surface area contributed by atoms with Gasteiger partial charge in [0.1, 0.15) is 6.04 Å². The van der Waals surface area contributed by atoms with Crippen molar-refractivity contribution in [3.8, 4) is 0 Å². The molecule has 0 spiro atoms. The Morgan fingerprint density at radius 1 is 0.865 bits per heavy atom. The van der Waals surface area contributed by atoms with E-state index < -0.39 is 16.1 Å². The molecule has 7 nitrogen and oxygen atoms in total. The summed E-state index contributed by atoms with van der Waals surface area (Å²) in [6.07, 6.45) is 0.820. The zero-order valence-corrected chi connectivity index (χ0v) is 22.4. The van der Waals surface area contributed by atoms with E-state index in [4.69, 9.17) is 0 Å². The van der Waals surface area contributed by atoms with Crippen LogP contribution >= 0.6 is 0 Å². The monoisotopic (exact) mass is 521 g/mol. The molecule has 1 atom stereocenters. The quantitative estimate of drug-likeness (QED) is 0.393. The molecule has 2 amide bonds. The molecular weight excluding hydrogens is 486 g/mol. The first kappa shape index (κ1) is 28.1. The van der Waals surface area contributed by atoms with E-state index in [2.05, 4.69) is 5.32 Å². The molecule has 3 rings (SSSR count). The number of benzene rings is 3. The van der Waals surface area contributed by atoms with Crippen LogP contribution in [-0.2, 0) is 32.6 Å². The van der Waals surface area contributed by atoms with Crippen LogP contribution in [0.25, 0.3) is 0 Å². The van der Waals surface area contributed by atoms with Gasteiger partial charge in [-0.25, -0.2) is 12.7 Å². The van der Waals surface area contributed by atoms with Crippen LogP contribution in [0.1, 0.15) is 29.5 Å². The molecule has 196 valence electrons. The molecule has 0 saturated carbocycles. The Morgan fingerprint density at radius 2 is 1.46 bits per heavy atom. The van der Waals surface area contributed by atoms with Crippen molar-refractivity contribution in [3.63, 3.8) is 0 Å². The molecule has 3 aromatic carbocycles. The summed E-state index contributed by atoms with van der Waals surface area (Å²) in [6, 6.07) is 25.0. The van der Waals surface area contributed by atoms with E-state index in [1.54, 1.807) is 42.3 Å². The van der Waals surface area contributed by atoms with Crippen molar-refractivity contribution in [1.82, 2.24) is 14.5 Å². The van der Waals surface area contributed by atoms with E-state index in [0.29, 0.717) is 12.8 Å². The number of carbonyl (C=O) groups excluding carboxylic acids is 2. The van der Waals surface area contributed by atoms with Gasteiger partial charge in [-0.3, -0.25) is 9.59 Å². The van der Waals surface area contributed by atoms with Crippen LogP contribution in [0.3, 0.4) is 0 Å². The average Bonchev–Trinajstić information content (AvgIpc) is 2.92. The molecule has 0 unspecified atom stereocenters. The maximum absolute atomic E-state index is 13.5. The van der Waals surface area contributed by atoms with Gasteiger partial charge >= 0.3 is 0 Å². The Kier molecular flexibility index (Phi) is 10.00. The molecule has 37 heavy (non-hydrogen) atoms. The maximum Gasteiger partial charge on any atom is 0.242 e. The number of sulfonamides is 1. The number of nitrogens with zero attached hydrogens (tertiary/aromatic N) is 2. The Labute approximate surface area is 220 Å². The molecule has 0 aliphatic rings. The van der Waals surface area contributed by atoms with E-state index in [0.717, 1.165) is 16.7 Å². The Morgan fingerprint density at radius 3 is 2.05 bits per heavy atom. The van der Waals surface area contributed by atoms with Gasteiger partial charge in [-0.05, 0) is 36.6 Å². The second-order valence-electron chi connectivity index (χ2n) is 9.07. The first-order chi connectivity index (χ1) is 17.7. The average molecular weight is 522 g/mol. The predicted molar refractivity (Wildman–Crippen MR) is 145 cm³/mol. The minimum absolute atomic E-state index is 0.114. The van der Waals surface area contributed by atoms with Crippen molar-refractivity contribution in [1.29, 1.82) is 0 Å². The molecule has 0 bridgehead atoms. The van der Waals surface area contributed by atoms with Gasteiger partial charge in [-0.1, -0.05) is 78.4 Å². The first-order valence-corrected chi connectivity index (χ1v) is 13.8. The highest BCUT2D eigenvalue weighted by Crippen LogP contribution is 2.18. The minimum atomic E-state index is -3.64. The van der Waals surface area contributed by atoms with Gasteiger partial charge in [0.25, 0.3) is 0 Å². The van der Waals surface area contributed by atoms with Crippen LogP contribution in [0, 0.1) is 6.92 Å². The van der Waals surface area contributed by atoms with Gasteiger partial charge in [0.15, 0.2) is 0 Å². The molecule has 8 heteroatoms. The van der Waals surface area contributed by atoms with Crippen LogP contribution in [0.15, 0.2) is 89.8 Å². The van der Waals surface area contributed by atoms with E-state index in [-0.39, 0.29) is 36.2 Å². The third kappa shape index (κ3) is 7.74. The lowest BCUT2D eigenvalue weighted by atomic mass is 10.0. The topological polar surface area (TPSA) is 86.8 Å². The fourth-order valence-corrected chi connectivity index (χ4v) is 5.33. The van der Waals surface area contributed by atoms with Gasteiger partial charge in [0.2, 0.25) is 21.8 Å². The van der Waals surface area contributed by atoms with E-state index in [1.165, 1.54) is 11.4 Å². The van der Waals surface area contributed by atoms with Crippen LogP contribution in [-0.4, -0.2) is 56.1 Å². The van der Waals surface area contributed by atoms with Crippen molar-refractivity contribution in [2.45, 2.75) is 43.7 Å². The summed E-state index contributed by atoms with van der Waals surface area (Å²) in [4.78, 5) is 28.4. The second kappa shape index (κ2) is 13.2. The van der Waals surface area contributed by atoms with Gasteiger partial charge in [-0.2, -0.15) is 0 Å². The zero-order valence-electron chi connectivity index (χ0n) is 21.6. The minimum Gasteiger partial charge on any atom is -0.357 e. The summed E-state index contributed by atoms with van der Waals surface area (Å²) < 4.78 is 26.9. The Balaban J connectivity index is 1.77. The highest BCUT2D eigenvalue weighted by molar-refractivity contribution is 7.89. The number of likely N-dealkylation sites (N-methyl/N-ethyl adjacent to an activating group) is 1. The number of carbonyl (C=O) groups is 2. The number of nitrogens with one attached hydrogen (secondary N) is 1. The normalized spacial score (nSPS) is 12.2. The van der Waals surface area contributed by atoms with Crippen molar-refractivity contribution >= 4 is 21.8 Å². The van der Waals surface area contributed by atoms with E-state index in [9.17, 15) is 18.0 Å². The molecule has 1 N–H and O–H groups in total. The number of hydrogen-bond donors (Lipinski definition) is 1. The van der Waals surface area contributed by atoms with Crippen LogP contribution < -0.4 is 5.32 Å². The van der Waals surface area contributed by atoms with Crippen molar-refractivity contribution in [3.05, 3.63) is 102 Å². The number of aryl methyl sites for hydroxylation is 1. The summed E-state index contributed by atoms with van der Waals surface area (Å²) in [5.74, 6) is -0.441. The van der Waals surface area contributed by atoms with Gasteiger partial charge in [-0.15, -0.1) is 0 Å². The molecule has 0 radical (unpaired) electrons. The summed E-state index contributed by atoms with van der Waals surface area (Å²) in [5.41, 5.74) is 2.98. The summed E-state index contributed by atoms with van der Waals surface area (Å²) in [5, 5.41) is 2.71. The molecule has 0 aromatic heterocycles. The summed E-state index contributed by atoms with van der Waals surface area (Å²) in [6.45, 7) is 2.46. The standard InChI is InChI=1S/C29H35N3O4S/c1-23-16-18-25(19-17-23)22-32(27(29(34)30-2)21-24-11-6-4-7-12-24)28(33)15-10-20-31(3)37(35,36)26-13-8-5-9-14-26/h4-9,11-14,16-19,27H,10,15,20-22H2,1-3H3,(H,30,34)/t27-/m1/s1. The van der Waals surface area contributed by atoms with Crippen LogP contribution in [0.4, 0.5) is 0 Å². The fourth-order valence-electron chi connectivity index (χ4n) is 4.10. The summed E-state index contributed by atoms with van der Waals surface area (Å²) in [7, 11) is -0.559. The molecule has 0 saturated heterocycles. The molecular formula is C29H35N3O4S. The van der Waals surface area contributed by atoms with E-state index in [1.807, 2.05) is 61.5 Å². The summed E-state index contributed by atoms with van der Waals surface area (Å²) >= 11 is 0. The van der Waals surface area contributed by atoms with Crippen molar-refractivity contribution in [2.24, 2.45) is 0 Å². The lowest BCUT2D eigenvalue weighted by Gasteiger charge is -2.31. The van der Waals surface area contributed by atoms with Crippen molar-refractivity contribution < 1.29 is 18.0 Å².